The molecule has 0 bridgehead atoms. The van der Waals surface area contributed by atoms with Gasteiger partial charge in [0.15, 0.2) is 0 Å². The summed E-state index contributed by atoms with van der Waals surface area (Å²) in [6.07, 6.45) is 0.702. The summed E-state index contributed by atoms with van der Waals surface area (Å²) >= 11 is 5.99. The number of halogens is 1. The van der Waals surface area contributed by atoms with Crippen molar-refractivity contribution in [3.8, 4) is 0 Å². The number of benzene rings is 2. The number of nitrogens with zero attached hydrogens (tertiary/aromatic N) is 3. The largest absolute Gasteiger partial charge is 0.450 e. The Bertz CT molecular complexity index is 1100. The summed E-state index contributed by atoms with van der Waals surface area (Å²) in [5.74, 6) is 0.994. The summed E-state index contributed by atoms with van der Waals surface area (Å²) < 4.78 is 5.16. The summed E-state index contributed by atoms with van der Waals surface area (Å²) in [5, 5.41) is 5.50. The number of hydrogen-bond acceptors (Lipinski definition) is 5. The zero-order valence-electron chi connectivity index (χ0n) is 19.3. The Morgan fingerprint density at radius 2 is 1.85 bits per heavy atom. The molecule has 0 radical (unpaired) electrons. The van der Waals surface area contributed by atoms with Crippen molar-refractivity contribution in [1.29, 1.82) is 0 Å². The molecule has 1 N–H and O–H groups in total. The number of amides is 1. The highest BCUT2D eigenvalue weighted by Crippen LogP contribution is 2.26. The molecule has 2 heterocycles. The first-order chi connectivity index (χ1) is 16.0. The molecule has 1 aliphatic rings. The molecule has 174 valence electrons. The first-order valence-electron chi connectivity index (χ1n) is 11.6. The second kappa shape index (κ2) is 10.9. The number of piperazine rings is 1. The predicted octanol–water partition coefficient (Wildman–Crippen LogP) is 4.81. The molecular weight excluding hydrogens is 436 g/mol. The van der Waals surface area contributed by atoms with Crippen LogP contribution in [0.25, 0.3) is 10.9 Å². The summed E-state index contributed by atoms with van der Waals surface area (Å²) in [6.45, 7) is 8.68. The van der Waals surface area contributed by atoms with Gasteiger partial charge in [-0.15, -0.1) is 0 Å². The van der Waals surface area contributed by atoms with Crippen LogP contribution in [0.2, 0.25) is 5.02 Å². The average Bonchev–Trinajstić information content (AvgIpc) is 2.82. The molecule has 0 unspecified atom stereocenters. The van der Waals surface area contributed by atoms with E-state index in [1.165, 1.54) is 16.7 Å². The van der Waals surface area contributed by atoms with E-state index in [0.29, 0.717) is 19.7 Å². The number of ether oxygens (including phenoxy) is 1. The number of hydrogen-bond donors (Lipinski definition) is 1. The lowest BCUT2D eigenvalue weighted by Gasteiger charge is -2.35. The number of nitrogens with one attached hydrogen (secondary N) is 1. The van der Waals surface area contributed by atoms with E-state index in [1.54, 1.807) is 4.90 Å². The van der Waals surface area contributed by atoms with Crippen LogP contribution in [0.3, 0.4) is 0 Å². The SMILES string of the molecule is CCOC(=O)N1CCN(c2nc3ccc(C)cc3cc2CNCCc2ccc(Cl)cc2)CC1. The van der Waals surface area contributed by atoms with Crippen molar-refractivity contribution in [3.63, 3.8) is 0 Å². The molecule has 1 aromatic heterocycles. The first-order valence-corrected chi connectivity index (χ1v) is 11.9. The van der Waals surface area contributed by atoms with Crippen molar-refractivity contribution in [2.24, 2.45) is 0 Å². The van der Waals surface area contributed by atoms with Gasteiger partial charge in [-0.3, -0.25) is 0 Å². The molecular formula is C26H31ClN4O2. The summed E-state index contributed by atoms with van der Waals surface area (Å²) in [6, 6.07) is 16.6. The van der Waals surface area contributed by atoms with Crippen molar-refractivity contribution in [2.75, 3.05) is 44.2 Å². The molecule has 0 spiro atoms. The normalized spacial score (nSPS) is 14.0. The molecule has 1 aliphatic heterocycles. The van der Waals surface area contributed by atoms with E-state index < -0.39 is 0 Å². The predicted molar refractivity (Wildman–Crippen MR) is 134 cm³/mol. The number of fused-ring (bicyclic) bond motifs is 1. The monoisotopic (exact) mass is 466 g/mol. The van der Waals surface area contributed by atoms with E-state index in [9.17, 15) is 4.79 Å². The Labute approximate surface area is 200 Å². The highest BCUT2D eigenvalue weighted by atomic mass is 35.5. The molecule has 33 heavy (non-hydrogen) atoms. The minimum absolute atomic E-state index is 0.233. The highest BCUT2D eigenvalue weighted by Gasteiger charge is 2.24. The van der Waals surface area contributed by atoms with Gasteiger partial charge in [0.25, 0.3) is 0 Å². The van der Waals surface area contributed by atoms with E-state index in [-0.39, 0.29) is 6.09 Å². The van der Waals surface area contributed by atoms with Gasteiger partial charge in [-0.1, -0.05) is 35.4 Å². The maximum Gasteiger partial charge on any atom is 0.409 e. The molecule has 1 saturated heterocycles. The lowest BCUT2D eigenvalue weighted by molar-refractivity contribution is 0.105. The van der Waals surface area contributed by atoms with Gasteiger partial charge in [-0.25, -0.2) is 9.78 Å². The second-order valence-corrected chi connectivity index (χ2v) is 8.83. The molecule has 0 saturated carbocycles. The standard InChI is InChI=1S/C26H31ClN4O2/c1-3-33-26(32)31-14-12-30(13-15-31)25-22(17-21-16-19(2)4-9-24(21)29-25)18-28-11-10-20-5-7-23(27)8-6-20/h4-9,16-17,28H,3,10-15,18H2,1-2H3. The summed E-state index contributed by atoms with van der Waals surface area (Å²) in [7, 11) is 0. The van der Waals surface area contributed by atoms with E-state index in [0.717, 1.165) is 54.3 Å². The maximum absolute atomic E-state index is 12.1. The van der Waals surface area contributed by atoms with Gasteiger partial charge >= 0.3 is 6.09 Å². The topological polar surface area (TPSA) is 57.7 Å². The van der Waals surface area contributed by atoms with E-state index in [4.69, 9.17) is 21.3 Å². The molecule has 7 heteroatoms. The second-order valence-electron chi connectivity index (χ2n) is 8.39. The zero-order chi connectivity index (χ0) is 23.2. The van der Waals surface area contributed by atoms with Crippen LogP contribution in [0.1, 0.15) is 23.6 Å². The number of aromatic nitrogens is 1. The number of aryl methyl sites for hydroxylation is 1. The fraction of sp³-hybridized carbons (Fsp3) is 0.385. The minimum atomic E-state index is -0.233. The van der Waals surface area contributed by atoms with Gasteiger partial charge in [0, 0.05) is 48.7 Å². The van der Waals surface area contributed by atoms with E-state index in [1.807, 2.05) is 19.1 Å². The number of rotatable bonds is 7. The Morgan fingerprint density at radius 3 is 2.58 bits per heavy atom. The molecule has 0 atom stereocenters. The van der Waals surface area contributed by atoms with Crippen molar-refractivity contribution in [1.82, 2.24) is 15.2 Å². The van der Waals surface area contributed by atoms with Crippen LogP contribution in [-0.4, -0.2) is 55.3 Å². The molecule has 0 aliphatic carbocycles. The average molecular weight is 467 g/mol. The lowest BCUT2D eigenvalue weighted by Crippen LogP contribution is -2.49. The van der Waals surface area contributed by atoms with Gasteiger partial charge in [0.2, 0.25) is 0 Å². The van der Waals surface area contributed by atoms with Crippen LogP contribution in [0.4, 0.5) is 10.6 Å². The quantitative estimate of drug-likeness (QED) is 0.506. The van der Waals surface area contributed by atoms with Crippen LogP contribution in [0, 0.1) is 6.92 Å². The number of anilines is 1. The van der Waals surface area contributed by atoms with Crippen LogP contribution >= 0.6 is 11.6 Å². The number of pyridine rings is 1. The maximum atomic E-state index is 12.1. The third-order valence-corrected chi connectivity index (χ3v) is 6.20. The summed E-state index contributed by atoms with van der Waals surface area (Å²) in [5.41, 5.74) is 4.65. The molecule has 1 amide bonds. The molecule has 1 fully saturated rings. The molecule has 3 aromatic rings. The Balaban J connectivity index is 1.47. The van der Waals surface area contributed by atoms with Gasteiger partial charge in [-0.2, -0.15) is 0 Å². The zero-order valence-corrected chi connectivity index (χ0v) is 20.1. The summed E-state index contributed by atoms with van der Waals surface area (Å²) in [4.78, 5) is 21.2. The van der Waals surface area contributed by atoms with E-state index >= 15 is 0 Å². The first kappa shape index (κ1) is 23.3. The van der Waals surface area contributed by atoms with Crippen molar-refractivity contribution in [2.45, 2.75) is 26.8 Å². The van der Waals surface area contributed by atoms with Crippen molar-refractivity contribution >= 4 is 34.4 Å². The Hall–Kier alpha value is -2.83. The Morgan fingerprint density at radius 1 is 1.09 bits per heavy atom. The third kappa shape index (κ3) is 5.95. The van der Waals surface area contributed by atoms with Crippen LogP contribution in [-0.2, 0) is 17.7 Å². The van der Waals surface area contributed by atoms with Crippen LogP contribution < -0.4 is 10.2 Å². The van der Waals surface area contributed by atoms with Crippen LogP contribution in [0.15, 0.2) is 48.5 Å². The Kier molecular flexibility index (Phi) is 7.68. The fourth-order valence-corrected chi connectivity index (χ4v) is 4.28. The molecule has 2 aromatic carbocycles. The smallest absolute Gasteiger partial charge is 0.409 e. The van der Waals surface area contributed by atoms with Gasteiger partial charge in [-0.05, 0) is 62.7 Å². The lowest BCUT2D eigenvalue weighted by atomic mass is 10.1. The van der Waals surface area contributed by atoms with Gasteiger partial charge in [0.1, 0.15) is 5.82 Å². The van der Waals surface area contributed by atoms with Crippen LogP contribution in [0.5, 0.6) is 0 Å². The van der Waals surface area contributed by atoms with Gasteiger partial charge in [0.05, 0.1) is 12.1 Å². The molecule has 4 rings (SSSR count). The van der Waals surface area contributed by atoms with E-state index in [2.05, 4.69) is 53.5 Å². The number of carbonyl (C=O) groups excluding carboxylic acids is 1. The number of carbonyl (C=O) groups is 1. The van der Waals surface area contributed by atoms with Gasteiger partial charge < -0.3 is 19.9 Å². The van der Waals surface area contributed by atoms with Crippen molar-refractivity contribution in [3.05, 3.63) is 70.2 Å². The van der Waals surface area contributed by atoms with Crippen molar-refractivity contribution < 1.29 is 9.53 Å². The minimum Gasteiger partial charge on any atom is -0.450 e. The fourth-order valence-electron chi connectivity index (χ4n) is 4.16. The highest BCUT2D eigenvalue weighted by molar-refractivity contribution is 6.30. The molecule has 6 nitrogen and oxygen atoms in total. The third-order valence-electron chi connectivity index (χ3n) is 5.95.